The third-order valence-electron chi connectivity index (χ3n) is 4.14. The SMILES string of the molecule is COC(=O)CC(NC(=O)c1csc(-c2ccc(C)cc2C)n1)c1cccs1. The van der Waals surface area contributed by atoms with Crippen LogP contribution in [0, 0.1) is 13.8 Å². The van der Waals surface area contributed by atoms with E-state index in [1.54, 1.807) is 5.38 Å². The summed E-state index contributed by atoms with van der Waals surface area (Å²) in [4.78, 5) is 29.8. The number of carbonyl (C=O) groups is 2. The number of thiazole rings is 1. The summed E-state index contributed by atoms with van der Waals surface area (Å²) in [5, 5.41) is 7.36. The molecule has 1 unspecified atom stereocenters. The number of carbonyl (C=O) groups excluding carboxylic acids is 2. The summed E-state index contributed by atoms with van der Waals surface area (Å²) in [6.45, 7) is 4.08. The van der Waals surface area contributed by atoms with Crippen molar-refractivity contribution >= 4 is 34.6 Å². The lowest BCUT2D eigenvalue weighted by Gasteiger charge is -2.15. The van der Waals surface area contributed by atoms with Crippen molar-refractivity contribution in [2.24, 2.45) is 0 Å². The van der Waals surface area contributed by atoms with Gasteiger partial charge in [0.25, 0.3) is 5.91 Å². The van der Waals surface area contributed by atoms with Crippen LogP contribution in [0.2, 0.25) is 0 Å². The van der Waals surface area contributed by atoms with Crippen molar-refractivity contribution in [2.75, 3.05) is 7.11 Å². The molecule has 140 valence electrons. The molecule has 0 bridgehead atoms. The maximum absolute atomic E-state index is 12.7. The van der Waals surface area contributed by atoms with Gasteiger partial charge in [-0.25, -0.2) is 4.98 Å². The van der Waals surface area contributed by atoms with E-state index in [-0.39, 0.29) is 18.3 Å². The number of thiophene rings is 1. The fourth-order valence-electron chi connectivity index (χ4n) is 2.75. The lowest BCUT2D eigenvalue weighted by atomic mass is 10.1. The topological polar surface area (TPSA) is 68.3 Å². The molecule has 7 heteroatoms. The second-order valence-corrected chi connectivity index (χ2v) is 8.02. The van der Waals surface area contributed by atoms with Gasteiger partial charge in [-0.15, -0.1) is 22.7 Å². The normalized spacial score (nSPS) is 11.8. The average molecular weight is 401 g/mol. The molecule has 3 rings (SSSR count). The molecule has 0 fully saturated rings. The maximum Gasteiger partial charge on any atom is 0.307 e. The number of nitrogens with one attached hydrogen (secondary N) is 1. The Morgan fingerprint density at radius 1 is 1.22 bits per heavy atom. The van der Waals surface area contributed by atoms with E-state index in [9.17, 15) is 9.59 Å². The fourth-order valence-corrected chi connectivity index (χ4v) is 4.42. The molecular weight excluding hydrogens is 380 g/mol. The third-order valence-corrected chi connectivity index (χ3v) is 6.00. The van der Waals surface area contributed by atoms with Crippen LogP contribution >= 0.6 is 22.7 Å². The number of ether oxygens (including phenoxy) is 1. The number of benzene rings is 1. The quantitative estimate of drug-likeness (QED) is 0.618. The minimum atomic E-state index is -0.434. The molecule has 0 aliphatic heterocycles. The Labute approximate surface area is 166 Å². The van der Waals surface area contributed by atoms with Crippen molar-refractivity contribution in [3.05, 3.63) is 62.8 Å². The zero-order valence-electron chi connectivity index (χ0n) is 15.3. The summed E-state index contributed by atoms with van der Waals surface area (Å²) in [6.07, 6.45) is 0.0802. The summed E-state index contributed by atoms with van der Waals surface area (Å²) >= 11 is 2.92. The second kappa shape index (κ2) is 8.45. The van der Waals surface area contributed by atoms with Gasteiger partial charge in [0.2, 0.25) is 0 Å². The molecule has 5 nitrogen and oxygen atoms in total. The number of hydrogen-bond acceptors (Lipinski definition) is 6. The van der Waals surface area contributed by atoms with Crippen LogP contribution in [0.3, 0.4) is 0 Å². The van der Waals surface area contributed by atoms with Gasteiger partial charge >= 0.3 is 5.97 Å². The molecule has 1 atom stereocenters. The van der Waals surface area contributed by atoms with E-state index in [0.29, 0.717) is 5.69 Å². The van der Waals surface area contributed by atoms with Crippen LogP contribution in [0.5, 0.6) is 0 Å². The van der Waals surface area contributed by atoms with Gasteiger partial charge in [0.1, 0.15) is 10.7 Å². The van der Waals surface area contributed by atoms with Gasteiger partial charge in [0.15, 0.2) is 0 Å². The van der Waals surface area contributed by atoms with Gasteiger partial charge in [-0.05, 0) is 30.9 Å². The van der Waals surface area contributed by atoms with Crippen molar-refractivity contribution in [2.45, 2.75) is 26.3 Å². The molecule has 0 aliphatic rings. The van der Waals surface area contributed by atoms with Crippen LogP contribution in [0.15, 0.2) is 41.1 Å². The number of hydrogen-bond donors (Lipinski definition) is 1. The molecular formula is C20H20N2O3S2. The van der Waals surface area contributed by atoms with Crippen LogP contribution in [0.25, 0.3) is 10.6 Å². The number of rotatable bonds is 6. The Hall–Kier alpha value is -2.51. The monoisotopic (exact) mass is 400 g/mol. The molecule has 1 N–H and O–H groups in total. The first-order chi connectivity index (χ1) is 13.0. The van der Waals surface area contributed by atoms with Crippen LogP contribution in [0.1, 0.15) is 39.0 Å². The zero-order chi connectivity index (χ0) is 19.4. The lowest BCUT2D eigenvalue weighted by Crippen LogP contribution is -2.30. The van der Waals surface area contributed by atoms with E-state index in [1.807, 2.05) is 43.5 Å². The largest absolute Gasteiger partial charge is 0.469 e. The van der Waals surface area contributed by atoms with Crippen LogP contribution < -0.4 is 5.32 Å². The standard InChI is InChI=1S/C20H20N2O3S2/c1-12-6-7-14(13(2)9-12)20-22-16(11-27-20)19(24)21-15(10-18(23)25-3)17-5-4-8-26-17/h4-9,11,15H,10H2,1-3H3,(H,21,24). The third kappa shape index (κ3) is 4.61. The molecule has 0 radical (unpaired) electrons. The van der Waals surface area contributed by atoms with Gasteiger partial charge < -0.3 is 10.1 Å². The van der Waals surface area contributed by atoms with E-state index in [1.165, 1.54) is 35.3 Å². The maximum atomic E-state index is 12.7. The molecule has 3 aromatic rings. The predicted molar refractivity (Wildman–Crippen MR) is 108 cm³/mol. The first kappa shape index (κ1) is 19.3. The Morgan fingerprint density at radius 3 is 2.70 bits per heavy atom. The summed E-state index contributed by atoms with van der Waals surface area (Å²) in [7, 11) is 1.34. The first-order valence-corrected chi connectivity index (χ1v) is 10.2. The smallest absolute Gasteiger partial charge is 0.307 e. The van der Waals surface area contributed by atoms with Crippen LogP contribution in [-0.2, 0) is 9.53 Å². The highest BCUT2D eigenvalue weighted by molar-refractivity contribution is 7.13. The fraction of sp³-hybridized carbons (Fsp3) is 0.250. The summed E-state index contributed by atoms with van der Waals surface area (Å²) < 4.78 is 4.75. The van der Waals surface area contributed by atoms with E-state index >= 15 is 0 Å². The number of methoxy groups -OCH3 is 1. The molecule has 1 aromatic carbocycles. The number of esters is 1. The lowest BCUT2D eigenvalue weighted by molar-refractivity contribution is -0.141. The van der Waals surface area contributed by atoms with Crippen LogP contribution in [0.4, 0.5) is 0 Å². The van der Waals surface area contributed by atoms with Gasteiger partial charge in [0, 0.05) is 15.8 Å². The number of amides is 1. The predicted octanol–water partition coefficient (Wildman–Crippen LogP) is 4.52. The van der Waals surface area contributed by atoms with Gasteiger partial charge in [-0.2, -0.15) is 0 Å². The molecule has 0 saturated carbocycles. The number of nitrogens with zero attached hydrogens (tertiary/aromatic N) is 1. The Bertz CT molecular complexity index is 948. The minimum Gasteiger partial charge on any atom is -0.469 e. The Morgan fingerprint density at radius 2 is 2.04 bits per heavy atom. The van der Waals surface area contributed by atoms with Gasteiger partial charge in [0.05, 0.1) is 19.6 Å². The molecule has 0 aliphatic carbocycles. The molecule has 2 aromatic heterocycles. The zero-order valence-corrected chi connectivity index (χ0v) is 16.9. The number of aromatic nitrogens is 1. The first-order valence-electron chi connectivity index (χ1n) is 8.42. The van der Waals surface area contributed by atoms with Crippen molar-refractivity contribution in [3.63, 3.8) is 0 Å². The highest BCUT2D eigenvalue weighted by Crippen LogP contribution is 2.28. The Kier molecular flexibility index (Phi) is 6.03. The molecule has 27 heavy (non-hydrogen) atoms. The summed E-state index contributed by atoms with van der Waals surface area (Å²) in [5.41, 5.74) is 3.68. The minimum absolute atomic E-state index is 0.0802. The van der Waals surface area contributed by atoms with Crippen molar-refractivity contribution in [1.29, 1.82) is 0 Å². The molecule has 2 heterocycles. The van der Waals surface area contributed by atoms with Crippen molar-refractivity contribution in [1.82, 2.24) is 10.3 Å². The van der Waals surface area contributed by atoms with E-state index in [4.69, 9.17) is 4.74 Å². The van der Waals surface area contributed by atoms with Gasteiger partial charge in [-0.1, -0.05) is 29.8 Å². The summed E-state index contributed by atoms with van der Waals surface area (Å²) in [5.74, 6) is -0.674. The summed E-state index contributed by atoms with van der Waals surface area (Å²) in [6, 6.07) is 9.50. The number of aryl methyl sites for hydroxylation is 2. The van der Waals surface area contributed by atoms with Crippen molar-refractivity contribution in [3.8, 4) is 10.6 Å². The Balaban J connectivity index is 1.79. The van der Waals surface area contributed by atoms with E-state index < -0.39 is 6.04 Å². The van der Waals surface area contributed by atoms with E-state index in [2.05, 4.69) is 16.4 Å². The average Bonchev–Trinajstić information content (AvgIpc) is 3.33. The van der Waals surface area contributed by atoms with E-state index in [0.717, 1.165) is 21.0 Å². The molecule has 0 spiro atoms. The highest BCUT2D eigenvalue weighted by Gasteiger charge is 2.22. The highest BCUT2D eigenvalue weighted by atomic mass is 32.1. The molecule has 1 amide bonds. The van der Waals surface area contributed by atoms with Gasteiger partial charge in [-0.3, -0.25) is 9.59 Å². The van der Waals surface area contributed by atoms with Crippen LogP contribution in [-0.4, -0.2) is 24.0 Å². The van der Waals surface area contributed by atoms with Crippen molar-refractivity contribution < 1.29 is 14.3 Å². The molecule has 0 saturated heterocycles. The second-order valence-electron chi connectivity index (χ2n) is 6.18.